The molecular formula is C22H27F2N3O3+2. The number of quaternary nitrogens is 2. The number of fused-ring (bicyclic) bond motifs is 1. The molecule has 1 amide bonds. The molecule has 2 aliphatic heterocycles. The summed E-state index contributed by atoms with van der Waals surface area (Å²) in [5.74, 6) is -0.0558. The van der Waals surface area contributed by atoms with Crippen LogP contribution in [0.1, 0.15) is 24.1 Å². The number of ether oxygens (including phenoxy) is 2. The second kappa shape index (κ2) is 8.97. The van der Waals surface area contributed by atoms with Crippen molar-refractivity contribution >= 4 is 5.91 Å². The van der Waals surface area contributed by atoms with Crippen LogP contribution in [0.25, 0.3) is 0 Å². The minimum absolute atomic E-state index is 0.0755. The molecule has 2 aromatic carbocycles. The molecule has 0 bridgehead atoms. The highest BCUT2D eigenvalue weighted by Crippen LogP contribution is 2.32. The Balaban J connectivity index is 1.22. The molecule has 0 saturated carbocycles. The highest BCUT2D eigenvalue weighted by molar-refractivity contribution is 5.77. The second-order valence-corrected chi connectivity index (χ2v) is 7.90. The fraction of sp³-hybridized carbons (Fsp3) is 0.409. The van der Waals surface area contributed by atoms with Crippen LogP contribution in [-0.2, 0) is 11.3 Å². The average molecular weight is 419 g/mol. The lowest BCUT2D eigenvalue weighted by Crippen LogP contribution is -3.13. The maximum Gasteiger partial charge on any atom is 0.278 e. The topological polar surface area (TPSA) is 59.8 Å². The minimum atomic E-state index is -0.861. The Morgan fingerprint density at radius 3 is 2.63 bits per heavy atom. The molecule has 8 heteroatoms. The van der Waals surface area contributed by atoms with Gasteiger partial charge in [-0.15, -0.1) is 0 Å². The molecular weight excluding hydrogens is 392 g/mol. The standard InChI is InChI=1S/C22H25F2N3O3/c1-15(17-3-4-18(23)19(24)11-17)25-12-22(28)27-8-6-26(7-9-27)13-16-2-5-20-21(10-16)30-14-29-20/h2-5,10-11,15,25H,6-9,12-14H2,1H3/p+2/t15-/m1/s1. The van der Waals surface area contributed by atoms with E-state index in [1.807, 2.05) is 29.3 Å². The lowest BCUT2D eigenvalue weighted by molar-refractivity contribution is -0.917. The summed E-state index contributed by atoms with van der Waals surface area (Å²) in [5.41, 5.74) is 1.86. The fourth-order valence-corrected chi connectivity index (χ4v) is 3.93. The molecule has 3 N–H and O–H groups in total. The number of halogens is 2. The van der Waals surface area contributed by atoms with Crippen molar-refractivity contribution in [2.75, 3.05) is 39.5 Å². The summed E-state index contributed by atoms with van der Waals surface area (Å²) in [6.45, 7) is 6.54. The molecule has 0 aliphatic carbocycles. The summed E-state index contributed by atoms with van der Waals surface area (Å²) >= 11 is 0. The Morgan fingerprint density at radius 2 is 1.87 bits per heavy atom. The van der Waals surface area contributed by atoms with Crippen LogP contribution in [0.4, 0.5) is 8.78 Å². The molecule has 6 nitrogen and oxygen atoms in total. The molecule has 160 valence electrons. The van der Waals surface area contributed by atoms with Crippen LogP contribution in [0.2, 0.25) is 0 Å². The van der Waals surface area contributed by atoms with Crippen molar-refractivity contribution in [3.63, 3.8) is 0 Å². The number of carbonyl (C=O) groups is 1. The third kappa shape index (κ3) is 4.71. The fourth-order valence-electron chi connectivity index (χ4n) is 3.93. The number of nitrogens with two attached hydrogens (primary N) is 1. The van der Waals surface area contributed by atoms with Gasteiger partial charge in [0.2, 0.25) is 6.79 Å². The van der Waals surface area contributed by atoms with E-state index in [9.17, 15) is 13.6 Å². The molecule has 30 heavy (non-hydrogen) atoms. The van der Waals surface area contributed by atoms with E-state index in [-0.39, 0.29) is 25.3 Å². The maximum atomic E-state index is 13.4. The van der Waals surface area contributed by atoms with Gasteiger partial charge in [0.05, 0.1) is 26.2 Å². The number of nitrogens with zero attached hydrogens (tertiary/aromatic N) is 1. The first kappa shape index (κ1) is 20.6. The predicted molar refractivity (Wildman–Crippen MR) is 105 cm³/mol. The van der Waals surface area contributed by atoms with Crippen molar-refractivity contribution in [3.8, 4) is 11.5 Å². The van der Waals surface area contributed by atoms with Gasteiger partial charge in [-0.3, -0.25) is 4.79 Å². The van der Waals surface area contributed by atoms with Crippen LogP contribution in [0, 0.1) is 11.6 Å². The van der Waals surface area contributed by atoms with E-state index in [1.54, 1.807) is 6.07 Å². The van der Waals surface area contributed by atoms with Crippen molar-refractivity contribution in [2.24, 2.45) is 0 Å². The monoisotopic (exact) mass is 419 g/mol. The van der Waals surface area contributed by atoms with Gasteiger partial charge in [-0.05, 0) is 43.3 Å². The summed E-state index contributed by atoms with van der Waals surface area (Å²) in [7, 11) is 0. The SMILES string of the molecule is C[C@@H]([NH2+]CC(=O)N1CC[NH+](Cc2ccc3c(c2)OCO3)CC1)c1ccc(F)c(F)c1. The zero-order valence-electron chi connectivity index (χ0n) is 17.0. The summed E-state index contributed by atoms with van der Waals surface area (Å²) in [5, 5.41) is 1.86. The Bertz CT molecular complexity index is 916. The second-order valence-electron chi connectivity index (χ2n) is 7.90. The van der Waals surface area contributed by atoms with Gasteiger partial charge in [-0.2, -0.15) is 0 Å². The smallest absolute Gasteiger partial charge is 0.278 e. The summed E-state index contributed by atoms with van der Waals surface area (Å²) in [4.78, 5) is 15.9. The van der Waals surface area contributed by atoms with E-state index in [1.165, 1.54) is 16.5 Å². The third-order valence-electron chi connectivity index (χ3n) is 5.83. The van der Waals surface area contributed by atoms with Crippen LogP contribution < -0.4 is 19.7 Å². The van der Waals surface area contributed by atoms with E-state index < -0.39 is 11.6 Å². The van der Waals surface area contributed by atoms with E-state index in [2.05, 4.69) is 6.07 Å². The first-order valence-electron chi connectivity index (χ1n) is 10.3. The number of benzene rings is 2. The number of nitrogens with one attached hydrogen (secondary N) is 1. The molecule has 0 unspecified atom stereocenters. The molecule has 0 spiro atoms. The highest BCUT2D eigenvalue weighted by atomic mass is 19.2. The van der Waals surface area contributed by atoms with E-state index >= 15 is 0 Å². The Labute approximate surface area is 174 Å². The molecule has 2 aromatic rings. The number of carbonyl (C=O) groups excluding carboxylic acids is 1. The van der Waals surface area contributed by atoms with Gasteiger partial charge in [0.15, 0.2) is 29.7 Å². The van der Waals surface area contributed by atoms with Gasteiger partial charge in [-0.1, -0.05) is 0 Å². The van der Waals surface area contributed by atoms with Crippen molar-refractivity contribution in [2.45, 2.75) is 19.5 Å². The quantitative estimate of drug-likeness (QED) is 0.706. The van der Waals surface area contributed by atoms with Gasteiger partial charge in [0.25, 0.3) is 5.91 Å². The van der Waals surface area contributed by atoms with Crippen LogP contribution in [0.15, 0.2) is 36.4 Å². The lowest BCUT2D eigenvalue weighted by atomic mass is 10.1. The van der Waals surface area contributed by atoms with Crippen molar-refractivity contribution in [1.82, 2.24) is 4.90 Å². The van der Waals surface area contributed by atoms with Gasteiger partial charge in [-0.25, -0.2) is 8.78 Å². The average Bonchev–Trinajstić information content (AvgIpc) is 3.22. The molecule has 1 saturated heterocycles. The Morgan fingerprint density at radius 1 is 1.10 bits per heavy atom. The Hall–Kier alpha value is -2.71. The van der Waals surface area contributed by atoms with Gasteiger partial charge < -0.3 is 24.6 Å². The number of hydrogen-bond donors (Lipinski definition) is 2. The zero-order valence-corrected chi connectivity index (χ0v) is 17.0. The first-order valence-corrected chi connectivity index (χ1v) is 10.3. The number of hydrogen-bond acceptors (Lipinski definition) is 3. The zero-order chi connectivity index (χ0) is 21.1. The molecule has 0 radical (unpaired) electrons. The van der Waals surface area contributed by atoms with E-state index in [0.717, 1.165) is 37.2 Å². The highest BCUT2D eigenvalue weighted by Gasteiger charge is 2.26. The lowest BCUT2D eigenvalue weighted by Gasteiger charge is -2.32. The molecule has 1 fully saturated rings. The largest absolute Gasteiger partial charge is 0.454 e. The van der Waals surface area contributed by atoms with Gasteiger partial charge >= 0.3 is 0 Å². The number of piperazine rings is 1. The number of amides is 1. The molecule has 4 rings (SSSR count). The van der Waals surface area contributed by atoms with E-state index in [4.69, 9.17) is 9.47 Å². The maximum absolute atomic E-state index is 13.4. The summed E-state index contributed by atoms with van der Waals surface area (Å²) in [6.07, 6.45) is 0. The van der Waals surface area contributed by atoms with Crippen LogP contribution in [0.3, 0.4) is 0 Å². The molecule has 0 aromatic heterocycles. The molecule has 1 atom stereocenters. The van der Waals surface area contributed by atoms with Gasteiger partial charge in [0, 0.05) is 11.1 Å². The number of rotatable bonds is 6. The molecule has 2 aliphatic rings. The van der Waals surface area contributed by atoms with Gasteiger partial charge in [0.1, 0.15) is 12.6 Å². The predicted octanol–water partition coefficient (Wildman–Crippen LogP) is 0.245. The molecule has 2 heterocycles. The van der Waals surface area contributed by atoms with Crippen LogP contribution >= 0.6 is 0 Å². The summed E-state index contributed by atoms with van der Waals surface area (Å²) in [6, 6.07) is 9.79. The third-order valence-corrected chi connectivity index (χ3v) is 5.83. The van der Waals surface area contributed by atoms with Crippen molar-refractivity contribution in [1.29, 1.82) is 0 Å². The van der Waals surface area contributed by atoms with Crippen molar-refractivity contribution < 1.29 is 33.3 Å². The first-order chi connectivity index (χ1) is 14.5. The normalized spacial score (nSPS) is 17.2. The van der Waals surface area contributed by atoms with Crippen LogP contribution in [-0.4, -0.2) is 50.3 Å². The van der Waals surface area contributed by atoms with Crippen LogP contribution in [0.5, 0.6) is 11.5 Å². The van der Waals surface area contributed by atoms with E-state index in [0.29, 0.717) is 18.7 Å². The Kier molecular flexibility index (Phi) is 6.15. The minimum Gasteiger partial charge on any atom is -0.454 e. The summed E-state index contributed by atoms with van der Waals surface area (Å²) < 4.78 is 37.3. The van der Waals surface area contributed by atoms with Crippen molar-refractivity contribution in [3.05, 3.63) is 59.2 Å².